The van der Waals surface area contributed by atoms with Crippen LogP contribution in [0.2, 0.25) is 5.02 Å². The highest BCUT2D eigenvalue weighted by Gasteiger charge is 2.04. The Balaban J connectivity index is 1.91. The Morgan fingerprint density at radius 2 is 1.95 bits per heavy atom. The van der Waals surface area contributed by atoms with Gasteiger partial charge in [-0.2, -0.15) is 0 Å². The van der Waals surface area contributed by atoms with E-state index in [-0.39, 0.29) is 5.56 Å². The maximum absolute atomic E-state index is 12.2. The van der Waals surface area contributed by atoms with Crippen LogP contribution in [0.4, 0.5) is 5.69 Å². The lowest BCUT2D eigenvalue weighted by Crippen LogP contribution is -2.16. The van der Waals surface area contributed by atoms with E-state index in [0.717, 1.165) is 22.2 Å². The van der Waals surface area contributed by atoms with Gasteiger partial charge in [0, 0.05) is 22.8 Å². The number of anilines is 1. The molecule has 1 aromatic heterocycles. The number of aryl methyl sites for hydroxylation is 1. The first-order valence-electron chi connectivity index (χ1n) is 6.74. The molecule has 0 aliphatic heterocycles. The molecule has 0 aliphatic rings. The molecule has 2 N–H and O–H groups in total. The number of fused-ring (bicyclic) bond motifs is 1. The van der Waals surface area contributed by atoms with Crippen molar-refractivity contribution in [1.82, 2.24) is 4.98 Å². The molecule has 0 bridgehead atoms. The summed E-state index contributed by atoms with van der Waals surface area (Å²) in [6.07, 6.45) is 0. The molecule has 0 amide bonds. The van der Waals surface area contributed by atoms with Crippen molar-refractivity contribution in [1.29, 1.82) is 0 Å². The standard InChI is InChI=1S/C17H15ClN2O/c1-11-4-2-5-12-8-13(17(21)20-16(11)12)10-19-15-7-3-6-14(18)9-15/h2-9,19H,10H2,1H3,(H,20,21). The first kappa shape index (κ1) is 13.7. The zero-order valence-corrected chi connectivity index (χ0v) is 12.4. The van der Waals surface area contributed by atoms with Gasteiger partial charge in [-0.3, -0.25) is 4.79 Å². The normalized spacial score (nSPS) is 10.8. The average molecular weight is 299 g/mol. The van der Waals surface area contributed by atoms with Crippen molar-refractivity contribution >= 4 is 28.2 Å². The maximum Gasteiger partial charge on any atom is 0.253 e. The second-order valence-corrected chi connectivity index (χ2v) is 5.46. The zero-order valence-electron chi connectivity index (χ0n) is 11.6. The molecule has 0 unspecified atom stereocenters. The topological polar surface area (TPSA) is 44.9 Å². The van der Waals surface area contributed by atoms with Crippen LogP contribution in [0, 0.1) is 6.92 Å². The molecular weight excluding hydrogens is 284 g/mol. The van der Waals surface area contributed by atoms with Crippen LogP contribution in [0.15, 0.2) is 53.3 Å². The highest BCUT2D eigenvalue weighted by atomic mass is 35.5. The summed E-state index contributed by atoms with van der Waals surface area (Å²) in [7, 11) is 0. The molecule has 0 radical (unpaired) electrons. The fourth-order valence-electron chi connectivity index (χ4n) is 2.36. The number of halogens is 1. The first-order valence-corrected chi connectivity index (χ1v) is 7.12. The molecule has 3 nitrogen and oxygen atoms in total. The lowest BCUT2D eigenvalue weighted by atomic mass is 10.1. The number of pyridine rings is 1. The summed E-state index contributed by atoms with van der Waals surface area (Å²) >= 11 is 5.95. The molecule has 106 valence electrons. The van der Waals surface area contributed by atoms with E-state index in [4.69, 9.17) is 11.6 Å². The van der Waals surface area contributed by atoms with Crippen molar-refractivity contribution in [3.63, 3.8) is 0 Å². The third kappa shape index (κ3) is 2.93. The van der Waals surface area contributed by atoms with Crippen LogP contribution >= 0.6 is 11.6 Å². The Morgan fingerprint density at radius 3 is 2.76 bits per heavy atom. The minimum absolute atomic E-state index is 0.0636. The molecule has 0 spiro atoms. The lowest BCUT2D eigenvalue weighted by Gasteiger charge is -2.08. The van der Waals surface area contributed by atoms with E-state index >= 15 is 0 Å². The summed E-state index contributed by atoms with van der Waals surface area (Å²) in [5.74, 6) is 0. The van der Waals surface area contributed by atoms with Crippen LogP contribution in [0.3, 0.4) is 0 Å². The van der Waals surface area contributed by atoms with Crippen LogP contribution < -0.4 is 10.9 Å². The Hall–Kier alpha value is -2.26. The molecule has 0 saturated heterocycles. The van der Waals surface area contributed by atoms with E-state index in [9.17, 15) is 4.79 Å². The minimum Gasteiger partial charge on any atom is -0.381 e. The molecule has 0 atom stereocenters. The highest BCUT2D eigenvalue weighted by Crippen LogP contribution is 2.17. The van der Waals surface area contributed by atoms with Gasteiger partial charge in [0.15, 0.2) is 0 Å². The molecule has 3 rings (SSSR count). The van der Waals surface area contributed by atoms with Gasteiger partial charge in [-0.1, -0.05) is 35.9 Å². The van der Waals surface area contributed by atoms with Gasteiger partial charge in [0.1, 0.15) is 0 Å². The summed E-state index contributed by atoms with van der Waals surface area (Å²) in [5.41, 5.74) is 3.50. The largest absolute Gasteiger partial charge is 0.381 e. The molecule has 0 fully saturated rings. The van der Waals surface area contributed by atoms with E-state index in [1.807, 2.05) is 55.5 Å². The maximum atomic E-state index is 12.2. The highest BCUT2D eigenvalue weighted by molar-refractivity contribution is 6.30. The van der Waals surface area contributed by atoms with Crippen molar-refractivity contribution < 1.29 is 0 Å². The van der Waals surface area contributed by atoms with Gasteiger partial charge >= 0.3 is 0 Å². The van der Waals surface area contributed by atoms with Crippen LogP contribution in [0.1, 0.15) is 11.1 Å². The third-order valence-corrected chi connectivity index (χ3v) is 3.71. The van der Waals surface area contributed by atoms with Gasteiger partial charge < -0.3 is 10.3 Å². The van der Waals surface area contributed by atoms with E-state index in [1.54, 1.807) is 0 Å². The molecule has 1 heterocycles. The fourth-order valence-corrected chi connectivity index (χ4v) is 2.55. The quantitative estimate of drug-likeness (QED) is 0.764. The molecule has 0 saturated carbocycles. The van der Waals surface area contributed by atoms with E-state index in [0.29, 0.717) is 17.1 Å². The van der Waals surface area contributed by atoms with Crippen molar-refractivity contribution in [2.24, 2.45) is 0 Å². The number of hydrogen-bond acceptors (Lipinski definition) is 2. The van der Waals surface area contributed by atoms with Gasteiger partial charge in [0.2, 0.25) is 0 Å². The summed E-state index contributed by atoms with van der Waals surface area (Å²) in [6.45, 7) is 2.45. The van der Waals surface area contributed by atoms with Crippen LogP contribution in [0.25, 0.3) is 10.9 Å². The number of benzene rings is 2. The van der Waals surface area contributed by atoms with Gasteiger partial charge in [-0.05, 0) is 42.1 Å². The third-order valence-electron chi connectivity index (χ3n) is 3.47. The monoisotopic (exact) mass is 298 g/mol. The predicted molar refractivity (Wildman–Crippen MR) is 88.1 cm³/mol. The number of H-pyrrole nitrogens is 1. The van der Waals surface area contributed by atoms with Crippen LogP contribution in [0.5, 0.6) is 0 Å². The Kier molecular flexibility index (Phi) is 3.67. The number of hydrogen-bond donors (Lipinski definition) is 2. The minimum atomic E-state index is -0.0636. The second kappa shape index (κ2) is 5.62. The zero-order chi connectivity index (χ0) is 14.8. The number of aromatic nitrogens is 1. The smallest absolute Gasteiger partial charge is 0.253 e. The molecule has 2 aromatic carbocycles. The van der Waals surface area contributed by atoms with E-state index in [2.05, 4.69) is 10.3 Å². The van der Waals surface area contributed by atoms with Crippen molar-refractivity contribution in [2.45, 2.75) is 13.5 Å². The van der Waals surface area contributed by atoms with Crippen LogP contribution in [-0.4, -0.2) is 4.98 Å². The number of rotatable bonds is 3. The number of nitrogens with one attached hydrogen (secondary N) is 2. The Morgan fingerprint density at radius 1 is 1.14 bits per heavy atom. The lowest BCUT2D eigenvalue weighted by molar-refractivity contribution is 1.09. The predicted octanol–water partition coefficient (Wildman–Crippen LogP) is 4.10. The number of aromatic amines is 1. The Bertz CT molecular complexity index is 855. The first-order chi connectivity index (χ1) is 10.1. The molecule has 0 aliphatic carbocycles. The Labute approximate surface area is 127 Å². The SMILES string of the molecule is Cc1cccc2cc(CNc3cccc(Cl)c3)c(=O)[nH]c12. The van der Waals surface area contributed by atoms with Gasteiger partial charge in [0.25, 0.3) is 5.56 Å². The summed E-state index contributed by atoms with van der Waals surface area (Å²) in [6, 6.07) is 15.4. The fraction of sp³-hybridized carbons (Fsp3) is 0.118. The van der Waals surface area contributed by atoms with Gasteiger partial charge in [-0.15, -0.1) is 0 Å². The summed E-state index contributed by atoms with van der Waals surface area (Å²) in [5, 5.41) is 4.93. The van der Waals surface area contributed by atoms with E-state index in [1.165, 1.54) is 0 Å². The van der Waals surface area contributed by atoms with Gasteiger partial charge in [-0.25, -0.2) is 0 Å². The summed E-state index contributed by atoms with van der Waals surface area (Å²) in [4.78, 5) is 15.1. The van der Waals surface area contributed by atoms with Crippen molar-refractivity contribution in [3.8, 4) is 0 Å². The molecule has 3 aromatic rings. The molecule has 4 heteroatoms. The van der Waals surface area contributed by atoms with E-state index < -0.39 is 0 Å². The molecule has 21 heavy (non-hydrogen) atoms. The molecular formula is C17H15ClN2O. The number of para-hydroxylation sites is 1. The van der Waals surface area contributed by atoms with Gasteiger partial charge in [0.05, 0.1) is 5.52 Å². The average Bonchev–Trinajstić information content (AvgIpc) is 2.46. The summed E-state index contributed by atoms with van der Waals surface area (Å²) < 4.78 is 0. The van der Waals surface area contributed by atoms with Crippen LogP contribution in [-0.2, 0) is 6.54 Å². The second-order valence-electron chi connectivity index (χ2n) is 5.03. The van der Waals surface area contributed by atoms with Crippen molar-refractivity contribution in [3.05, 3.63) is 75.0 Å². The van der Waals surface area contributed by atoms with Crippen molar-refractivity contribution in [2.75, 3.05) is 5.32 Å².